The van der Waals surface area contributed by atoms with E-state index in [2.05, 4.69) is 34.2 Å². The van der Waals surface area contributed by atoms with E-state index in [9.17, 15) is 27.6 Å². The number of hydrogen-bond acceptors (Lipinski definition) is 12. The number of nitrogens with one attached hydrogen (secondary N) is 1. The molecule has 0 aliphatic carbocycles. The van der Waals surface area contributed by atoms with E-state index in [-0.39, 0.29) is 34.3 Å². The maximum atomic E-state index is 13.9. The molecule has 4 heterocycles. The van der Waals surface area contributed by atoms with Crippen LogP contribution in [0.2, 0.25) is 0 Å². The second kappa shape index (κ2) is 20.4. The summed E-state index contributed by atoms with van der Waals surface area (Å²) in [6.45, 7) is 18.5. The van der Waals surface area contributed by atoms with E-state index in [0.717, 1.165) is 25.9 Å². The predicted octanol–water partition coefficient (Wildman–Crippen LogP) is 8.08. The lowest BCUT2D eigenvalue weighted by Crippen LogP contribution is -2.45. The minimum Gasteiger partial charge on any atom is -0.456 e. The van der Waals surface area contributed by atoms with Gasteiger partial charge in [0.05, 0.1) is 61.4 Å². The van der Waals surface area contributed by atoms with E-state index >= 15 is 0 Å². The molecule has 60 heavy (non-hydrogen) atoms. The molecular weight excluding hydrogens is 806 g/mol. The van der Waals surface area contributed by atoms with Crippen LogP contribution in [0.4, 0.5) is 28.4 Å². The molecule has 2 amide bonds. The fourth-order valence-electron chi connectivity index (χ4n) is 6.19. The first-order chi connectivity index (χ1) is 27.9. The van der Waals surface area contributed by atoms with Gasteiger partial charge in [0.15, 0.2) is 0 Å². The number of hydrogen-bond donors (Lipinski definition) is 1. The number of amides is 2. The third-order valence-electron chi connectivity index (χ3n) is 8.68. The summed E-state index contributed by atoms with van der Waals surface area (Å²) >= 11 is -0.290. The Kier molecular flexibility index (Phi) is 16.4. The van der Waals surface area contributed by atoms with Gasteiger partial charge in [-0.1, -0.05) is 11.8 Å². The molecule has 14 nitrogen and oxygen atoms in total. The maximum absolute atomic E-state index is 13.9. The smallest absolute Gasteiger partial charge is 0.447 e. The van der Waals surface area contributed by atoms with Crippen LogP contribution in [0.3, 0.4) is 0 Å². The number of thioether (sulfide) groups is 1. The van der Waals surface area contributed by atoms with Crippen LogP contribution < -0.4 is 5.32 Å². The average Bonchev–Trinajstić information content (AvgIpc) is 3.71. The summed E-state index contributed by atoms with van der Waals surface area (Å²) in [5.74, 6) is 5.23. The van der Waals surface area contributed by atoms with Gasteiger partial charge in [0.1, 0.15) is 21.8 Å². The van der Waals surface area contributed by atoms with Gasteiger partial charge < -0.3 is 38.3 Å². The van der Waals surface area contributed by atoms with Crippen LogP contribution in [0.25, 0.3) is 5.52 Å². The Morgan fingerprint density at radius 2 is 1.57 bits per heavy atom. The average molecular weight is 865 g/mol. The standard InChI is InChI=1S/C42H59F3N6O8S/c1-39(2,3)57-36(52)31-26-46-49(28-31)20-22-56-24-23-55-21-16-30-27-48(10)19-15-32(30)47-33-14-12-17-50-34(33)25-29(35(50)60-42(43,44)45)13-11-18-51(37(53)58-40(4,5)6)38(54)59-41(7,8)9/h12,14,17,25-26,28,30,32,47H,15-16,18-24,27H2,1-10H3/t30-,32-/m0/s1. The third kappa shape index (κ3) is 15.9. The molecule has 1 N–H and O–H groups in total. The zero-order valence-corrected chi connectivity index (χ0v) is 37.1. The number of anilines is 1. The lowest BCUT2D eigenvalue weighted by atomic mass is 9.89. The van der Waals surface area contributed by atoms with Gasteiger partial charge in [-0.3, -0.25) is 4.68 Å². The number of likely N-dealkylation sites (tertiary alicyclic amines) is 1. The molecule has 332 valence electrons. The lowest BCUT2D eigenvalue weighted by molar-refractivity contribution is -0.0330. The molecule has 4 rings (SSSR count). The molecule has 18 heteroatoms. The monoisotopic (exact) mass is 864 g/mol. The highest BCUT2D eigenvalue weighted by molar-refractivity contribution is 8.00. The summed E-state index contributed by atoms with van der Waals surface area (Å²) in [7, 11) is 2.06. The van der Waals surface area contributed by atoms with E-state index < -0.39 is 47.0 Å². The Hall–Kier alpha value is -4.44. The Labute approximate surface area is 354 Å². The number of pyridine rings is 1. The van der Waals surface area contributed by atoms with Crippen molar-refractivity contribution in [3.8, 4) is 11.8 Å². The quantitative estimate of drug-likeness (QED) is 0.0552. The number of carbonyl (C=O) groups is 3. The molecule has 0 unspecified atom stereocenters. The summed E-state index contributed by atoms with van der Waals surface area (Å²) in [6, 6.07) is 5.09. The molecule has 3 aromatic rings. The summed E-state index contributed by atoms with van der Waals surface area (Å²) in [5, 5.41) is 7.67. The Morgan fingerprint density at radius 1 is 0.933 bits per heavy atom. The van der Waals surface area contributed by atoms with Crippen LogP contribution in [0.15, 0.2) is 41.8 Å². The first kappa shape index (κ1) is 48.2. The minimum absolute atomic E-state index is 0.00580. The largest absolute Gasteiger partial charge is 0.456 e. The topological polar surface area (TPSA) is 138 Å². The van der Waals surface area contributed by atoms with E-state index in [0.29, 0.717) is 54.6 Å². The summed E-state index contributed by atoms with van der Waals surface area (Å²) < 4.78 is 72.7. The Morgan fingerprint density at radius 3 is 2.18 bits per heavy atom. The number of esters is 1. The highest BCUT2D eigenvalue weighted by atomic mass is 32.2. The van der Waals surface area contributed by atoms with Crippen molar-refractivity contribution in [2.24, 2.45) is 5.92 Å². The fraction of sp³-hybridized carbons (Fsp3) is 0.619. The first-order valence-electron chi connectivity index (χ1n) is 19.9. The lowest BCUT2D eigenvalue weighted by Gasteiger charge is -2.38. The van der Waals surface area contributed by atoms with E-state index in [1.165, 1.54) is 10.6 Å². The maximum Gasteiger partial charge on any atom is 0.447 e. The molecule has 2 atom stereocenters. The Balaban J connectivity index is 1.40. The van der Waals surface area contributed by atoms with Crippen molar-refractivity contribution in [1.29, 1.82) is 0 Å². The minimum atomic E-state index is -4.62. The predicted molar refractivity (Wildman–Crippen MR) is 222 cm³/mol. The zero-order chi connectivity index (χ0) is 44.5. The van der Waals surface area contributed by atoms with Gasteiger partial charge in [-0.05, 0) is 113 Å². The molecule has 1 saturated heterocycles. The number of rotatable bonds is 14. The van der Waals surface area contributed by atoms with Crippen LogP contribution in [-0.4, -0.2) is 124 Å². The molecule has 1 aliphatic heterocycles. The molecule has 1 fully saturated rings. The SMILES string of the molecule is CN1CC[C@H](Nc2cccn3c(SC(F)(F)F)c(C#CCN(C(=O)OC(C)(C)C)C(=O)OC(C)(C)C)cc23)[C@@H](CCOCCOCCn2cc(C(=O)OC(C)(C)C)cn2)C1. The molecule has 0 bridgehead atoms. The highest BCUT2D eigenvalue weighted by Gasteiger charge is 2.34. The summed E-state index contributed by atoms with van der Waals surface area (Å²) in [4.78, 5) is 41.1. The van der Waals surface area contributed by atoms with Gasteiger partial charge in [0.2, 0.25) is 0 Å². The molecule has 0 radical (unpaired) electrons. The van der Waals surface area contributed by atoms with Gasteiger partial charge in [0, 0.05) is 43.3 Å². The van der Waals surface area contributed by atoms with E-state index in [1.807, 2.05) is 6.07 Å². The van der Waals surface area contributed by atoms with Crippen molar-refractivity contribution in [3.05, 3.63) is 47.9 Å². The molecule has 3 aromatic heterocycles. The number of piperidine rings is 1. The second-order valence-electron chi connectivity index (χ2n) is 17.5. The summed E-state index contributed by atoms with van der Waals surface area (Å²) in [5.41, 5.74) is -5.49. The molecule has 0 saturated carbocycles. The van der Waals surface area contributed by atoms with Crippen LogP contribution in [0.5, 0.6) is 0 Å². The van der Waals surface area contributed by atoms with Crippen molar-refractivity contribution in [3.63, 3.8) is 0 Å². The first-order valence-corrected chi connectivity index (χ1v) is 20.7. The summed E-state index contributed by atoms with van der Waals surface area (Å²) in [6.07, 6.45) is 4.21. The van der Waals surface area contributed by atoms with Crippen LogP contribution in [0, 0.1) is 17.8 Å². The molecule has 0 spiro atoms. The Bertz CT molecular complexity index is 1960. The van der Waals surface area contributed by atoms with Crippen LogP contribution in [-0.2, 0) is 30.2 Å². The third-order valence-corrected chi connectivity index (χ3v) is 9.52. The van der Waals surface area contributed by atoms with Gasteiger partial charge >= 0.3 is 23.7 Å². The van der Waals surface area contributed by atoms with Crippen molar-refractivity contribution in [2.75, 3.05) is 58.4 Å². The number of alkyl halides is 3. The molecule has 1 aliphatic rings. The van der Waals surface area contributed by atoms with Crippen LogP contribution in [0.1, 0.15) is 91.1 Å². The van der Waals surface area contributed by atoms with Crippen molar-refractivity contribution in [1.82, 2.24) is 24.0 Å². The number of fused-ring (bicyclic) bond motifs is 1. The van der Waals surface area contributed by atoms with Crippen molar-refractivity contribution in [2.45, 2.75) is 115 Å². The van der Waals surface area contributed by atoms with Crippen molar-refractivity contribution >= 4 is 41.1 Å². The number of ether oxygens (including phenoxy) is 5. The molecular formula is C42H59F3N6O8S. The van der Waals surface area contributed by atoms with Gasteiger partial charge in [-0.15, -0.1) is 0 Å². The zero-order valence-electron chi connectivity index (χ0n) is 36.2. The number of carbonyl (C=O) groups excluding carboxylic acids is 3. The van der Waals surface area contributed by atoms with Crippen LogP contribution >= 0.6 is 11.8 Å². The number of aromatic nitrogens is 3. The van der Waals surface area contributed by atoms with Crippen molar-refractivity contribution < 1.29 is 51.2 Å². The van der Waals surface area contributed by atoms with Gasteiger partial charge in [-0.2, -0.15) is 18.3 Å². The number of halogens is 3. The van der Waals surface area contributed by atoms with Gasteiger partial charge in [-0.25, -0.2) is 19.3 Å². The fourth-order valence-corrected chi connectivity index (χ4v) is 6.89. The normalized spacial score (nSPS) is 16.6. The number of nitrogens with zero attached hydrogens (tertiary/aromatic N) is 5. The van der Waals surface area contributed by atoms with E-state index in [1.54, 1.807) is 91.5 Å². The highest BCUT2D eigenvalue weighted by Crippen LogP contribution is 2.41. The number of imide groups is 1. The van der Waals surface area contributed by atoms with E-state index in [4.69, 9.17) is 23.7 Å². The second-order valence-corrected chi connectivity index (χ2v) is 18.6. The van der Waals surface area contributed by atoms with Gasteiger partial charge in [0.25, 0.3) is 0 Å². The molecule has 0 aromatic carbocycles.